The number of hydrogen-bond donors (Lipinski definition) is 2. The van der Waals surface area contributed by atoms with E-state index in [0.717, 1.165) is 44.2 Å². The Morgan fingerprint density at radius 3 is 2.86 bits per heavy atom. The van der Waals surface area contributed by atoms with Crippen LogP contribution in [0.4, 0.5) is 5.69 Å². The molecule has 1 fully saturated rings. The molecule has 0 saturated carbocycles. The Labute approximate surface area is 170 Å². The van der Waals surface area contributed by atoms with Crippen molar-refractivity contribution in [2.24, 2.45) is 4.99 Å². The molecule has 1 aliphatic rings. The van der Waals surface area contributed by atoms with Gasteiger partial charge < -0.3 is 20.0 Å². The number of nitrogens with zero attached hydrogens (tertiary/aromatic N) is 2. The first-order valence-corrected chi connectivity index (χ1v) is 10.6. The van der Waals surface area contributed by atoms with Gasteiger partial charge in [0.15, 0.2) is 5.96 Å². The minimum atomic E-state index is 0.387. The van der Waals surface area contributed by atoms with Gasteiger partial charge in [-0.25, -0.2) is 4.99 Å². The highest BCUT2D eigenvalue weighted by molar-refractivity contribution is 7.09. The lowest BCUT2D eigenvalue weighted by molar-refractivity contribution is 0.506. The molecule has 4 rings (SSSR count). The van der Waals surface area contributed by atoms with E-state index in [-0.39, 0.29) is 0 Å². The van der Waals surface area contributed by atoms with Crippen molar-refractivity contribution in [3.63, 3.8) is 0 Å². The highest BCUT2D eigenvalue weighted by atomic mass is 32.1. The van der Waals surface area contributed by atoms with Crippen molar-refractivity contribution < 1.29 is 4.42 Å². The molecule has 6 heteroatoms. The van der Waals surface area contributed by atoms with E-state index in [9.17, 15) is 0 Å². The predicted octanol–water partition coefficient (Wildman–Crippen LogP) is 3.90. The predicted molar refractivity (Wildman–Crippen MR) is 116 cm³/mol. The number of anilines is 1. The average Bonchev–Trinajstić information content (AvgIpc) is 3.49. The van der Waals surface area contributed by atoms with Crippen molar-refractivity contribution in [1.82, 2.24) is 10.6 Å². The molecule has 1 unspecified atom stereocenters. The minimum Gasteiger partial charge on any atom is -0.469 e. The first kappa shape index (κ1) is 18.6. The second-order valence-corrected chi connectivity index (χ2v) is 7.94. The van der Waals surface area contributed by atoms with Crippen molar-refractivity contribution in [1.29, 1.82) is 0 Å². The van der Waals surface area contributed by atoms with E-state index >= 15 is 0 Å². The summed E-state index contributed by atoms with van der Waals surface area (Å²) in [5.74, 6) is 1.86. The van der Waals surface area contributed by atoms with E-state index in [2.05, 4.69) is 63.4 Å². The molecule has 28 heavy (non-hydrogen) atoms. The Morgan fingerprint density at radius 1 is 1.14 bits per heavy atom. The molecule has 3 aromatic rings. The van der Waals surface area contributed by atoms with Crippen molar-refractivity contribution in [3.05, 3.63) is 76.9 Å². The van der Waals surface area contributed by atoms with Crippen LogP contribution in [0.15, 0.2) is 75.7 Å². The summed E-state index contributed by atoms with van der Waals surface area (Å²) in [6.45, 7) is 3.54. The fraction of sp³-hybridized carbons (Fsp3) is 0.318. The van der Waals surface area contributed by atoms with Crippen LogP contribution >= 0.6 is 11.3 Å². The molecule has 0 radical (unpaired) electrons. The Bertz CT molecular complexity index is 846. The molecule has 0 bridgehead atoms. The fourth-order valence-corrected chi connectivity index (χ4v) is 4.04. The maximum atomic E-state index is 5.43. The van der Waals surface area contributed by atoms with E-state index < -0.39 is 0 Å². The maximum Gasteiger partial charge on any atom is 0.191 e. The van der Waals surface area contributed by atoms with Crippen LogP contribution in [0.2, 0.25) is 0 Å². The van der Waals surface area contributed by atoms with Crippen molar-refractivity contribution >= 4 is 23.0 Å². The number of aliphatic imine (C=N–C) groups is 1. The molecule has 0 aliphatic carbocycles. The van der Waals surface area contributed by atoms with Gasteiger partial charge >= 0.3 is 0 Å². The number of nitrogens with one attached hydrogen (secondary N) is 2. The molecule has 146 valence electrons. The van der Waals surface area contributed by atoms with Crippen molar-refractivity contribution in [3.8, 4) is 0 Å². The summed E-state index contributed by atoms with van der Waals surface area (Å²) in [5, 5.41) is 9.19. The summed E-state index contributed by atoms with van der Waals surface area (Å²) in [6, 6.07) is 19.1. The second kappa shape index (κ2) is 9.46. The zero-order valence-corrected chi connectivity index (χ0v) is 16.7. The van der Waals surface area contributed by atoms with Crippen LogP contribution in [0, 0.1) is 0 Å². The standard InChI is InChI=1S/C22H26N4OS/c1-2-6-19(7-3-1)26-13-11-18(17-26)25-22(24-16-21-9-5-15-28-21)23-12-10-20-8-4-14-27-20/h1-9,14-15,18H,10-13,16-17H2,(H2,23,24,25). The second-order valence-electron chi connectivity index (χ2n) is 6.91. The van der Waals surface area contributed by atoms with Crippen molar-refractivity contribution in [2.45, 2.75) is 25.4 Å². The third-order valence-electron chi connectivity index (χ3n) is 4.87. The molecule has 1 atom stereocenters. The normalized spacial score (nSPS) is 17.1. The number of guanidine groups is 1. The first-order valence-electron chi connectivity index (χ1n) is 9.76. The summed E-state index contributed by atoms with van der Waals surface area (Å²) >= 11 is 1.74. The zero-order valence-electron chi connectivity index (χ0n) is 15.9. The summed E-state index contributed by atoms with van der Waals surface area (Å²) < 4.78 is 5.43. The topological polar surface area (TPSA) is 52.8 Å². The third kappa shape index (κ3) is 5.16. The van der Waals surface area contributed by atoms with Crippen LogP contribution in [0.3, 0.4) is 0 Å². The average molecular weight is 395 g/mol. The monoisotopic (exact) mass is 394 g/mol. The molecule has 3 heterocycles. The van der Waals surface area contributed by atoms with Crippen LogP contribution in [-0.2, 0) is 13.0 Å². The highest BCUT2D eigenvalue weighted by Gasteiger charge is 2.23. The zero-order chi connectivity index (χ0) is 19.0. The molecule has 1 aromatic carbocycles. The van der Waals surface area contributed by atoms with Gasteiger partial charge in [-0.05, 0) is 42.1 Å². The van der Waals surface area contributed by atoms with E-state index in [4.69, 9.17) is 9.41 Å². The number of furan rings is 1. The SMILES string of the molecule is c1ccc(N2CCC(NC(=NCc3cccs3)NCCc3ccco3)C2)cc1. The number of rotatable bonds is 7. The van der Waals surface area contributed by atoms with Gasteiger partial charge in [0.2, 0.25) is 0 Å². The number of hydrogen-bond acceptors (Lipinski definition) is 4. The van der Waals surface area contributed by atoms with Crippen LogP contribution in [0.25, 0.3) is 0 Å². The van der Waals surface area contributed by atoms with E-state index in [1.807, 2.05) is 12.1 Å². The quantitative estimate of drug-likeness (QED) is 0.471. The molecule has 1 aliphatic heterocycles. The van der Waals surface area contributed by atoms with Gasteiger partial charge in [-0.2, -0.15) is 0 Å². The van der Waals surface area contributed by atoms with Gasteiger partial charge in [0, 0.05) is 42.7 Å². The van der Waals surface area contributed by atoms with E-state index in [1.54, 1.807) is 17.6 Å². The van der Waals surface area contributed by atoms with Crippen LogP contribution in [0.1, 0.15) is 17.1 Å². The summed E-state index contributed by atoms with van der Waals surface area (Å²) in [6.07, 6.45) is 3.66. The molecule has 5 nitrogen and oxygen atoms in total. The summed E-state index contributed by atoms with van der Waals surface area (Å²) in [5.41, 5.74) is 1.29. The van der Waals surface area contributed by atoms with E-state index in [1.165, 1.54) is 10.6 Å². The maximum absolute atomic E-state index is 5.43. The lowest BCUT2D eigenvalue weighted by atomic mass is 10.2. The van der Waals surface area contributed by atoms with E-state index in [0.29, 0.717) is 12.6 Å². The van der Waals surface area contributed by atoms with Gasteiger partial charge in [0.05, 0.1) is 12.8 Å². The lowest BCUT2D eigenvalue weighted by Crippen LogP contribution is -2.45. The number of thiophene rings is 1. The summed E-state index contributed by atoms with van der Waals surface area (Å²) in [7, 11) is 0. The molecule has 1 saturated heterocycles. The van der Waals surface area contributed by atoms with Gasteiger partial charge in [-0.1, -0.05) is 24.3 Å². The van der Waals surface area contributed by atoms with Crippen molar-refractivity contribution in [2.75, 3.05) is 24.5 Å². The Morgan fingerprint density at radius 2 is 2.07 bits per heavy atom. The highest BCUT2D eigenvalue weighted by Crippen LogP contribution is 2.19. The largest absolute Gasteiger partial charge is 0.469 e. The van der Waals surface area contributed by atoms with Crippen LogP contribution in [0.5, 0.6) is 0 Å². The fourth-order valence-electron chi connectivity index (χ4n) is 3.42. The Balaban J connectivity index is 1.35. The van der Waals surface area contributed by atoms with Gasteiger partial charge in [0.25, 0.3) is 0 Å². The number of benzene rings is 1. The Kier molecular flexibility index (Phi) is 6.29. The molecule has 2 N–H and O–H groups in total. The summed E-state index contributed by atoms with van der Waals surface area (Å²) in [4.78, 5) is 8.50. The first-order chi connectivity index (χ1) is 13.9. The smallest absolute Gasteiger partial charge is 0.191 e. The Hall–Kier alpha value is -2.73. The van der Waals surface area contributed by atoms with Gasteiger partial charge in [0.1, 0.15) is 5.76 Å². The molecular formula is C22H26N4OS. The number of para-hydroxylation sites is 1. The van der Waals surface area contributed by atoms with Gasteiger partial charge in [-0.3, -0.25) is 0 Å². The van der Waals surface area contributed by atoms with Crippen LogP contribution < -0.4 is 15.5 Å². The molecular weight excluding hydrogens is 368 g/mol. The lowest BCUT2D eigenvalue weighted by Gasteiger charge is -2.20. The molecule has 0 amide bonds. The molecule has 0 spiro atoms. The molecule has 2 aromatic heterocycles. The van der Waals surface area contributed by atoms with Crippen LogP contribution in [-0.4, -0.2) is 31.6 Å². The minimum absolute atomic E-state index is 0.387. The van der Waals surface area contributed by atoms with Gasteiger partial charge in [-0.15, -0.1) is 11.3 Å². The third-order valence-corrected chi connectivity index (χ3v) is 5.73.